The first-order valence-electron chi connectivity index (χ1n) is 7.79. The molecule has 0 amide bonds. The quantitative estimate of drug-likeness (QED) is 0.717. The van der Waals surface area contributed by atoms with Gasteiger partial charge in [0.05, 0.1) is 6.10 Å². The zero-order valence-corrected chi connectivity index (χ0v) is 12.4. The monoisotopic (exact) mass is 283 g/mol. The number of nitrogens with two attached hydrogens (primary N) is 1. The van der Waals surface area contributed by atoms with Gasteiger partial charge in [0.25, 0.3) is 0 Å². The van der Waals surface area contributed by atoms with Gasteiger partial charge >= 0.3 is 0 Å². The van der Waals surface area contributed by atoms with Crippen LogP contribution in [-0.2, 0) is 4.79 Å². The van der Waals surface area contributed by atoms with Gasteiger partial charge in [-0.2, -0.15) is 0 Å². The van der Waals surface area contributed by atoms with E-state index >= 15 is 0 Å². The summed E-state index contributed by atoms with van der Waals surface area (Å²) in [5, 5.41) is 10.00. The van der Waals surface area contributed by atoms with Crippen LogP contribution in [0.5, 0.6) is 0 Å². The summed E-state index contributed by atoms with van der Waals surface area (Å²) in [6.45, 7) is 2.21. The second-order valence-electron chi connectivity index (χ2n) is 7.07. The smallest absolute Gasteiger partial charge is 0.178 e. The molecule has 21 heavy (non-hydrogen) atoms. The number of ketones is 1. The second-order valence-corrected chi connectivity index (χ2v) is 7.07. The SMILES string of the molecule is C[C@]12C=CC(=O)C=C1CCC1=C2CC[C@@]2(N)C[C@@H](O)C=C12. The first-order valence-corrected chi connectivity index (χ1v) is 7.79. The van der Waals surface area contributed by atoms with Crippen molar-refractivity contribution in [3.8, 4) is 0 Å². The van der Waals surface area contributed by atoms with E-state index in [0.29, 0.717) is 6.42 Å². The van der Waals surface area contributed by atoms with Crippen LogP contribution in [0.1, 0.15) is 39.0 Å². The molecule has 0 heterocycles. The second kappa shape index (κ2) is 4.05. The molecule has 0 aliphatic heterocycles. The highest BCUT2D eigenvalue weighted by molar-refractivity contribution is 6.01. The Balaban J connectivity index is 1.87. The van der Waals surface area contributed by atoms with Gasteiger partial charge in [-0.15, -0.1) is 0 Å². The van der Waals surface area contributed by atoms with E-state index in [1.807, 2.05) is 12.2 Å². The van der Waals surface area contributed by atoms with Crippen LogP contribution >= 0.6 is 0 Å². The zero-order chi connectivity index (χ0) is 14.8. The first-order chi connectivity index (χ1) is 9.92. The summed E-state index contributed by atoms with van der Waals surface area (Å²) in [6.07, 6.45) is 11.5. The number of hydrogen-bond acceptors (Lipinski definition) is 3. The van der Waals surface area contributed by atoms with Crippen molar-refractivity contribution in [2.75, 3.05) is 0 Å². The zero-order valence-electron chi connectivity index (χ0n) is 12.4. The van der Waals surface area contributed by atoms with E-state index in [0.717, 1.165) is 25.7 Å². The lowest BCUT2D eigenvalue weighted by atomic mass is 9.59. The van der Waals surface area contributed by atoms with E-state index in [9.17, 15) is 9.90 Å². The molecule has 0 unspecified atom stereocenters. The summed E-state index contributed by atoms with van der Waals surface area (Å²) in [4.78, 5) is 11.7. The van der Waals surface area contributed by atoms with Crippen molar-refractivity contribution < 1.29 is 9.90 Å². The standard InChI is InChI=1S/C18H21NO2/c1-17-6-4-12(20)8-11(17)2-3-14-15(17)5-7-18(19)10-13(21)9-16(14)18/h4,6,8-9,13,21H,2-3,5,7,10,19H2,1H3/t13-,17-,18+/m0/s1. The Morgan fingerprint density at radius 2 is 2.14 bits per heavy atom. The van der Waals surface area contributed by atoms with Gasteiger partial charge in [-0.05, 0) is 62.3 Å². The average Bonchev–Trinajstić information content (AvgIpc) is 2.74. The van der Waals surface area contributed by atoms with Crippen LogP contribution in [0, 0.1) is 5.41 Å². The molecule has 4 rings (SSSR count). The van der Waals surface area contributed by atoms with E-state index in [1.165, 1.54) is 22.3 Å². The molecule has 3 N–H and O–H groups in total. The van der Waals surface area contributed by atoms with Crippen LogP contribution in [-0.4, -0.2) is 22.5 Å². The first kappa shape index (κ1) is 13.2. The summed E-state index contributed by atoms with van der Waals surface area (Å²) < 4.78 is 0. The Morgan fingerprint density at radius 1 is 1.33 bits per heavy atom. The Hall–Kier alpha value is -1.45. The highest BCUT2D eigenvalue weighted by Crippen LogP contribution is 2.56. The van der Waals surface area contributed by atoms with E-state index < -0.39 is 6.10 Å². The molecular weight excluding hydrogens is 262 g/mol. The Morgan fingerprint density at radius 3 is 2.95 bits per heavy atom. The van der Waals surface area contributed by atoms with E-state index in [-0.39, 0.29) is 16.7 Å². The van der Waals surface area contributed by atoms with Gasteiger partial charge in [-0.3, -0.25) is 4.79 Å². The van der Waals surface area contributed by atoms with Crippen LogP contribution in [0.3, 0.4) is 0 Å². The minimum atomic E-state index is -0.412. The van der Waals surface area contributed by atoms with Crippen molar-refractivity contribution in [1.29, 1.82) is 0 Å². The van der Waals surface area contributed by atoms with Crippen molar-refractivity contribution in [2.24, 2.45) is 11.1 Å². The molecule has 0 aromatic heterocycles. The average molecular weight is 283 g/mol. The lowest BCUT2D eigenvalue weighted by molar-refractivity contribution is -0.110. The maximum atomic E-state index is 11.7. The third-order valence-electron chi connectivity index (χ3n) is 5.82. The topological polar surface area (TPSA) is 63.3 Å². The van der Waals surface area contributed by atoms with Crippen LogP contribution < -0.4 is 5.73 Å². The number of hydrogen-bond donors (Lipinski definition) is 2. The highest BCUT2D eigenvalue weighted by atomic mass is 16.3. The minimum absolute atomic E-state index is 0.103. The molecule has 3 heteroatoms. The lowest BCUT2D eigenvalue weighted by Gasteiger charge is -2.46. The van der Waals surface area contributed by atoms with Crippen LogP contribution in [0.4, 0.5) is 0 Å². The maximum Gasteiger partial charge on any atom is 0.178 e. The number of allylic oxidation sites excluding steroid dienone is 5. The van der Waals surface area contributed by atoms with Gasteiger partial charge < -0.3 is 10.8 Å². The Kier molecular flexibility index (Phi) is 2.55. The lowest BCUT2D eigenvalue weighted by Crippen LogP contribution is -2.45. The van der Waals surface area contributed by atoms with Crippen molar-refractivity contribution >= 4 is 5.78 Å². The maximum absolute atomic E-state index is 11.7. The minimum Gasteiger partial charge on any atom is -0.389 e. The van der Waals surface area contributed by atoms with Gasteiger partial charge in [0, 0.05) is 11.0 Å². The molecule has 4 aliphatic carbocycles. The number of carbonyl (C=O) groups is 1. The molecule has 3 nitrogen and oxygen atoms in total. The molecule has 110 valence electrons. The predicted molar refractivity (Wildman–Crippen MR) is 81.5 cm³/mol. The third-order valence-corrected chi connectivity index (χ3v) is 5.82. The van der Waals surface area contributed by atoms with Crippen LogP contribution in [0.15, 0.2) is 46.6 Å². The summed E-state index contributed by atoms with van der Waals surface area (Å²) in [5.41, 5.74) is 11.2. The van der Waals surface area contributed by atoms with Crippen molar-refractivity contribution in [3.05, 3.63) is 46.6 Å². The van der Waals surface area contributed by atoms with Crippen LogP contribution in [0.2, 0.25) is 0 Å². The third kappa shape index (κ3) is 1.71. The molecule has 3 atom stereocenters. The fourth-order valence-electron chi connectivity index (χ4n) is 4.67. The largest absolute Gasteiger partial charge is 0.389 e. The molecule has 0 aromatic carbocycles. The molecule has 0 fully saturated rings. The van der Waals surface area contributed by atoms with Crippen molar-refractivity contribution in [3.63, 3.8) is 0 Å². The number of aliphatic hydroxyl groups is 1. The molecule has 0 aromatic rings. The summed E-state index contributed by atoms with van der Waals surface area (Å²) in [7, 11) is 0. The number of fused-ring (bicyclic) bond motifs is 4. The summed E-state index contributed by atoms with van der Waals surface area (Å²) in [6, 6.07) is 0. The summed E-state index contributed by atoms with van der Waals surface area (Å²) in [5.74, 6) is 0.103. The molecule has 0 saturated heterocycles. The molecule has 0 saturated carbocycles. The Labute approximate surface area is 124 Å². The molecule has 0 bridgehead atoms. The normalized spacial score (nSPS) is 41.3. The Bertz CT molecular complexity index is 667. The van der Waals surface area contributed by atoms with E-state index in [4.69, 9.17) is 5.73 Å². The fourth-order valence-corrected chi connectivity index (χ4v) is 4.67. The molecule has 0 spiro atoms. The number of rotatable bonds is 0. The van der Waals surface area contributed by atoms with E-state index in [2.05, 4.69) is 13.0 Å². The molecule has 4 aliphatic rings. The van der Waals surface area contributed by atoms with Gasteiger partial charge in [-0.1, -0.05) is 23.3 Å². The van der Waals surface area contributed by atoms with Gasteiger partial charge in [-0.25, -0.2) is 0 Å². The van der Waals surface area contributed by atoms with Crippen molar-refractivity contribution in [1.82, 2.24) is 0 Å². The fraction of sp³-hybridized carbons (Fsp3) is 0.500. The molecular formula is C18H21NO2. The number of aliphatic hydroxyl groups excluding tert-OH is 1. The van der Waals surface area contributed by atoms with Gasteiger partial charge in [0.15, 0.2) is 5.78 Å². The summed E-state index contributed by atoms with van der Waals surface area (Å²) >= 11 is 0. The molecule has 0 radical (unpaired) electrons. The highest BCUT2D eigenvalue weighted by Gasteiger charge is 2.48. The van der Waals surface area contributed by atoms with Crippen molar-refractivity contribution in [2.45, 2.75) is 50.7 Å². The van der Waals surface area contributed by atoms with Crippen LogP contribution in [0.25, 0.3) is 0 Å². The van der Waals surface area contributed by atoms with Gasteiger partial charge in [0.1, 0.15) is 0 Å². The van der Waals surface area contributed by atoms with Gasteiger partial charge in [0.2, 0.25) is 0 Å². The number of carbonyl (C=O) groups excluding carboxylic acids is 1. The van der Waals surface area contributed by atoms with E-state index in [1.54, 1.807) is 6.08 Å². The predicted octanol–water partition coefficient (Wildman–Crippen LogP) is 2.33.